The van der Waals surface area contributed by atoms with E-state index in [4.69, 9.17) is 9.47 Å². The van der Waals surface area contributed by atoms with E-state index in [0.29, 0.717) is 50.5 Å². The fraction of sp³-hybridized carbons (Fsp3) is 0.559. The van der Waals surface area contributed by atoms with E-state index < -0.39 is 17.9 Å². The Hall–Kier alpha value is -3.63. The zero-order valence-corrected chi connectivity index (χ0v) is 26.5. The lowest BCUT2D eigenvalue weighted by molar-refractivity contribution is -0.884. The highest BCUT2D eigenvalue weighted by Gasteiger charge is 2.47. The van der Waals surface area contributed by atoms with Crippen molar-refractivity contribution in [2.75, 3.05) is 65.6 Å². The van der Waals surface area contributed by atoms with Gasteiger partial charge in [0.05, 0.1) is 33.6 Å². The minimum absolute atomic E-state index is 0.0430. The molecule has 2 aromatic rings. The number of quaternary nitrogens is 1. The first-order chi connectivity index (χ1) is 21.0. The van der Waals surface area contributed by atoms with Crippen LogP contribution in [0.3, 0.4) is 0 Å². The number of carboxylic acid groups (broad SMARTS) is 1. The second kappa shape index (κ2) is 13.6. The molecule has 0 aromatic heterocycles. The van der Waals surface area contributed by atoms with Crippen molar-refractivity contribution in [1.82, 2.24) is 9.80 Å². The Morgan fingerprint density at radius 1 is 1.09 bits per heavy atom. The molecule has 2 fully saturated rings. The fourth-order valence-corrected chi connectivity index (χ4v) is 6.91. The van der Waals surface area contributed by atoms with E-state index in [2.05, 4.69) is 40.2 Å². The Morgan fingerprint density at radius 2 is 1.89 bits per heavy atom. The van der Waals surface area contributed by atoms with Crippen molar-refractivity contribution >= 4 is 23.5 Å². The van der Waals surface area contributed by atoms with Crippen molar-refractivity contribution in [3.8, 4) is 11.5 Å². The van der Waals surface area contributed by atoms with Gasteiger partial charge in [-0.2, -0.15) is 0 Å². The number of amides is 2. The number of aliphatic carboxylic acids is 1. The first-order valence-corrected chi connectivity index (χ1v) is 15.9. The molecule has 3 heterocycles. The van der Waals surface area contributed by atoms with Crippen LogP contribution in [0, 0.1) is 5.92 Å². The SMILES string of the molecule is CCCCN(C(=O)CN1CC(c2ccc3c(c2)OCO3)C(C(=O)O)C1CCN1CCCC1=O)c1cccc(C[N+](C)(C)C)c1. The van der Waals surface area contributed by atoms with Crippen LogP contribution in [0.15, 0.2) is 42.5 Å². The van der Waals surface area contributed by atoms with E-state index in [-0.39, 0.29) is 31.1 Å². The number of carboxylic acids is 1. The number of unbranched alkanes of at least 4 members (excludes halogenated alkanes) is 1. The van der Waals surface area contributed by atoms with E-state index in [1.165, 1.54) is 0 Å². The zero-order chi connectivity index (χ0) is 31.4. The quantitative estimate of drug-likeness (QED) is 0.345. The van der Waals surface area contributed by atoms with Crippen LogP contribution < -0.4 is 14.4 Å². The van der Waals surface area contributed by atoms with Crippen LogP contribution in [-0.4, -0.2) is 104 Å². The molecular weight excluding hydrogens is 560 g/mol. The Labute approximate surface area is 260 Å². The van der Waals surface area contributed by atoms with Gasteiger partial charge in [-0.3, -0.25) is 19.3 Å². The van der Waals surface area contributed by atoms with E-state index in [9.17, 15) is 19.5 Å². The lowest BCUT2D eigenvalue weighted by Crippen LogP contribution is -2.45. The molecule has 2 saturated heterocycles. The van der Waals surface area contributed by atoms with Gasteiger partial charge in [-0.1, -0.05) is 31.5 Å². The number of carbonyl (C=O) groups excluding carboxylic acids is 2. The van der Waals surface area contributed by atoms with Crippen LogP contribution in [0.1, 0.15) is 56.1 Å². The van der Waals surface area contributed by atoms with Crippen LogP contribution in [0.25, 0.3) is 0 Å². The van der Waals surface area contributed by atoms with Gasteiger partial charge in [-0.25, -0.2) is 0 Å². The molecule has 1 N–H and O–H groups in total. The van der Waals surface area contributed by atoms with E-state index in [0.717, 1.165) is 47.1 Å². The van der Waals surface area contributed by atoms with Gasteiger partial charge >= 0.3 is 5.97 Å². The Morgan fingerprint density at radius 3 is 2.59 bits per heavy atom. The number of ether oxygens (including phenoxy) is 2. The number of hydrogen-bond donors (Lipinski definition) is 1. The summed E-state index contributed by atoms with van der Waals surface area (Å²) >= 11 is 0. The molecule has 0 saturated carbocycles. The molecule has 3 unspecified atom stereocenters. The van der Waals surface area contributed by atoms with Gasteiger partial charge in [0.15, 0.2) is 11.5 Å². The summed E-state index contributed by atoms with van der Waals surface area (Å²) < 4.78 is 11.9. The van der Waals surface area contributed by atoms with E-state index in [1.54, 1.807) is 0 Å². The molecule has 44 heavy (non-hydrogen) atoms. The summed E-state index contributed by atoms with van der Waals surface area (Å²) in [6, 6.07) is 13.4. The molecule has 0 aliphatic carbocycles. The number of nitrogens with zero attached hydrogens (tertiary/aromatic N) is 4. The minimum Gasteiger partial charge on any atom is -0.481 e. The third-order valence-electron chi connectivity index (χ3n) is 8.98. The molecule has 2 aromatic carbocycles. The zero-order valence-electron chi connectivity index (χ0n) is 26.5. The molecule has 5 rings (SSSR count). The summed E-state index contributed by atoms with van der Waals surface area (Å²) in [5, 5.41) is 10.6. The summed E-state index contributed by atoms with van der Waals surface area (Å²) in [6.07, 6.45) is 3.67. The predicted octanol–water partition coefficient (Wildman–Crippen LogP) is 3.94. The fourth-order valence-electron chi connectivity index (χ4n) is 6.91. The lowest BCUT2D eigenvalue weighted by Gasteiger charge is -2.31. The maximum Gasteiger partial charge on any atom is 0.308 e. The van der Waals surface area contributed by atoms with Crippen molar-refractivity contribution in [1.29, 1.82) is 0 Å². The second-order valence-corrected chi connectivity index (χ2v) is 13.4. The lowest BCUT2D eigenvalue weighted by atomic mass is 9.84. The van der Waals surface area contributed by atoms with Crippen molar-refractivity contribution < 1.29 is 33.4 Å². The molecule has 3 aliphatic heterocycles. The molecule has 10 nitrogen and oxygen atoms in total. The predicted molar refractivity (Wildman–Crippen MR) is 168 cm³/mol. The molecule has 0 radical (unpaired) electrons. The average molecular weight is 608 g/mol. The normalized spacial score (nSPS) is 21.7. The highest BCUT2D eigenvalue weighted by molar-refractivity contribution is 5.95. The highest BCUT2D eigenvalue weighted by Crippen LogP contribution is 2.43. The van der Waals surface area contributed by atoms with Gasteiger partial charge in [-0.15, -0.1) is 0 Å². The number of anilines is 1. The number of benzene rings is 2. The van der Waals surface area contributed by atoms with Gasteiger partial charge in [0, 0.05) is 55.8 Å². The highest BCUT2D eigenvalue weighted by atomic mass is 16.7. The van der Waals surface area contributed by atoms with Crippen LogP contribution in [0.2, 0.25) is 0 Å². The Balaban J connectivity index is 1.42. The Bertz CT molecular complexity index is 1360. The molecule has 3 aliphatic rings. The van der Waals surface area contributed by atoms with Crippen LogP contribution in [0.4, 0.5) is 5.69 Å². The van der Waals surface area contributed by atoms with E-state index >= 15 is 0 Å². The first-order valence-electron chi connectivity index (χ1n) is 15.9. The Kier molecular flexibility index (Phi) is 9.80. The second-order valence-electron chi connectivity index (χ2n) is 13.4. The van der Waals surface area contributed by atoms with Crippen molar-refractivity contribution in [2.45, 2.75) is 57.5 Å². The third kappa shape index (κ3) is 7.35. The number of carbonyl (C=O) groups is 3. The van der Waals surface area contributed by atoms with Crippen molar-refractivity contribution in [3.05, 3.63) is 53.6 Å². The van der Waals surface area contributed by atoms with Crippen LogP contribution in [-0.2, 0) is 20.9 Å². The maximum atomic E-state index is 14.2. The van der Waals surface area contributed by atoms with Gasteiger partial charge < -0.3 is 28.9 Å². The monoisotopic (exact) mass is 607 g/mol. The minimum atomic E-state index is -0.892. The molecular formula is C34H47N4O6+. The summed E-state index contributed by atoms with van der Waals surface area (Å²) in [7, 11) is 6.43. The summed E-state index contributed by atoms with van der Waals surface area (Å²) in [5.74, 6) is -0.642. The van der Waals surface area contributed by atoms with Crippen LogP contribution in [0.5, 0.6) is 11.5 Å². The third-order valence-corrected chi connectivity index (χ3v) is 8.98. The smallest absolute Gasteiger partial charge is 0.308 e. The number of likely N-dealkylation sites (tertiary alicyclic amines) is 2. The number of hydrogen-bond acceptors (Lipinski definition) is 6. The molecule has 0 bridgehead atoms. The summed E-state index contributed by atoms with van der Waals surface area (Å²) in [6.45, 7) is 5.39. The van der Waals surface area contributed by atoms with Gasteiger partial charge in [0.1, 0.15) is 6.54 Å². The van der Waals surface area contributed by atoms with Gasteiger partial charge in [-0.05, 0) is 49.1 Å². The average Bonchev–Trinajstić information content (AvgIpc) is 3.69. The first kappa shape index (κ1) is 31.8. The summed E-state index contributed by atoms with van der Waals surface area (Å²) in [5.41, 5.74) is 2.89. The molecule has 3 atom stereocenters. The standard InChI is InChI=1S/C34H46N4O6/c1-5-6-16-37(26-10-7-9-24(18-26)22-38(2,3)4)32(40)21-36-20-27(25-12-13-29-30(19-25)44-23-43-29)33(34(41)42)28(36)14-17-35-15-8-11-31(35)39/h7,9-10,12-13,18-19,27-28,33H,5-6,8,11,14-17,20-23H2,1-4H3/p+1. The summed E-state index contributed by atoms with van der Waals surface area (Å²) in [4.78, 5) is 45.2. The maximum absolute atomic E-state index is 14.2. The molecule has 10 heteroatoms. The van der Waals surface area contributed by atoms with Crippen molar-refractivity contribution in [3.63, 3.8) is 0 Å². The van der Waals surface area contributed by atoms with Crippen molar-refractivity contribution in [2.24, 2.45) is 5.92 Å². The molecule has 2 amide bonds. The van der Waals surface area contributed by atoms with Gasteiger partial charge in [0.2, 0.25) is 18.6 Å². The molecule has 0 spiro atoms. The van der Waals surface area contributed by atoms with E-state index in [1.807, 2.05) is 45.0 Å². The molecule has 238 valence electrons. The van der Waals surface area contributed by atoms with Crippen LogP contribution >= 0.6 is 0 Å². The number of rotatable bonds is 13. The number of fused-ring (bicyclic) bond motifs is 1. The van der Waals surface area contributed by atoms with Gasteiger partial charge in [0.25, 0.3) is 0 Å². The topological polar surface area (TPSA) is 99.6 Å². The largest absolute Gasteiger partial charge is 0.481 e.